The van der Waals surface area contributed by atoms with Gasteiger partial charge in [0.15, 0.2) is 0 Å². The Morgan fingerprint density at radius 2 is 0.229 bits per heavy atom. The molecule has 0 heterocycles. The highest BCUT2D eigenvalue weighted by Crippen LogP contribution is 2.31. The lowest BCUT2D eigenvalue weighted by Gasteiger charge is -2.12. The monoisotopic (exact) mass is 1350 g/mol. The molecule has 105 heavy (non-hydrogen) atoms. The second-order valence-electron chi connectivity index (χ2n) is 25.3. The first-order chi connectivity index (χ1) is 51.9. The molecule has 15 rings (SSSR count). The molecule has 15 aromatic rings. The van der Waals surface area contributed by atoms with Gasteiger partial charge in [-0.25, -0.2) is 34.9 Å². The topological polar surface area (TPSA) is 86.5 Å². The van der Waals surface area contributed by atoms with E-state index in [-0.39, 0.29) is 0 Å². The van der Waals surface area contributed by atoms with Gasteiger partial charge in [-0.2, -0.15) is 0 Å². The summed E-state index contributed by atoms with van der Waals surface area (Å²) >= 11 is 0. The van der Waals surface area contributed by atoms with Gasteiger partial charge in [-0.3, -0.25) is 0 Å². The van der Waals surface area contributed by atoms with Crippen LogP contribution in [-0.4, -0.2) is 40.0 Å². The highest BCUT2D eigenvalue weighted by Gasteiger charge is 2.17. The number of rotatable bonds is 21. The van der Waals surface area contributed by atoms with Crippen molar-refractivity contribution >= 4 is 79.8 Å². The average Bonchev–Trinajstić information content (AvgIpc) is 0.794. The fraction of sp³-hybridized carbons (Fsp3) is 0.0102. The average molecular weight is 1350 g/mol. The van der Waals surface area contributed by atoms with Gasteiger partial charge in [0.1, 0.15) is 0 Å². The Morgan fingerprint density at radius 3 is 0.352 bits per heavy atom. The lowest BCUT2D eigenvalue weighted by atomic mass is 9.99. The van der Waals surface area contributed by atoms with Gasteiger partial charge in [-0.1, -0.05) is 333 Å². The molecule has 0 atom stereocenters. The summed E-state index contributed by atoms with van der Waals surface area (Å²) in [5, 5.41) is 0. The summed E-state index contributed by atoms with van der Waals surface area (Å²) in [6.45, 7) is 2.09. The van der Waals surface area contributed by atoms with Crippen molar-refractivity contribution in [3.05, 3.63) is 496 Å². The molecule has 0 aromatic heterocycles. The molecule has 0 N–H and O–H groups in total. The van der Waals surface area contributed by atoms with Crippen LogP contribution in [0.2, 0.25) is 0 Å². The van der Waals surface area contributed by atoms with E-state index in [1.165, 1.54) is 0 Å². The lowest BCUT2D eigenvalue weighted by Crippen LogP contribution is -2.05. The molecule has 0 saturated carbocycles. The van der Waals surface area contributed by atoms with E-state index in [2.05, 4.69) is 274 Å². The van der Waals surface area contributed by atoms with Crippen molar-refractivity contribution in [2.45, 2.75) is 6.92 Å². The van der Waals surface area contributed by atoms with Crippen molar-refractivity contribution < 1.29 is 0 Å². The molecule has 0 bridgehead atoms. The summed E-state index contributed by atoms with van der Waals surface area (Å²) in [5.74, 6) is 0. The Kier molecular flexibility index (Phi) is 20.7. The third-order valence-electron chi connectivity index (χ3n) is 17.9. The third kappa shape index (κ3) is 16.7. The predicted octanol–water partition coefficient (Wildman–Crippen LogP) is 24.2. The molecule has 7 nitrogen and oxygen atoms in total. The number of benzene rings is 15. The summed E-state index contributed by atoms with van der Waals surface area (Å²) in [5.41, 5.74) is 26.7. The zero-order valence-corrected chi connectivity index (χ0v) is 57.9. The van der Waals surface area contributed by atoms with Crippen LogP contribution in [0.1, 0.15) is 83.5 Å². The fourth-order valence-corrected chi connectivity index (χ4v) is 12.5. The molecule has 0 saturated heterocycles. The van der Waals surface area contributed by atoms with Crippen LogP contribution in [0.5, 0.6) is 0 Å². The number of hydrogen-bond donors (Lipinski definition) is 0. The number of aryl methyl sites for hydroxylation is 1. The number of nitrogens with zero attached hydrogens (tertiary/aromatic N) is 7. The van der Waals surface area contributed by atoms with Crippen molar-refractivity contribution in [1.82, 2.24) is 0 Å². The van der Waals surface area contributed by atoms with E-state index in [0.29, 0.717) is 0 Å². The summed E-state index contributed by atoms with van der Waals surface area (Å²) < 4.78 is 0. The van der Waals surface area contributed by atoms with E-state index in [0.717, 1.165) is 163 Å². The van der Waals surface area contributed by atoms with Crippen LogP contribution < -0.4 is 0 Å². The van der Waals surface area contributed by atoms with E-state index in [4.69, 9.17) is 34.9 Å². The largest absolute Gasteiger partial charge is 0.248 e. The second kappa shape index (κ2) is 32.5. The Labute approximate surface area is 613 Å². The summed E-state index contributed by atoms with van der Waals surface area (Å²) in [7, 11) is 0. The molecule has 15 aromatic carbocycles. The van der Waals surface area contributed by atoms with Crippen LogP contribution in [0, 0.1) is 6.92 Å². The van der Waals surface area contributed by atoms with E-state index in [9.17, 15) is 0 Å². The van der Waals surface area contributed by atoms with Crippen molar-refractivity contribution in [2.75, 3.05) is 0 Å². The zero-order valence-electron chi connectivity index (χ0n) is 57.9. The van der Waals surface area contributed by atoms with E-state index in [1.807, 2.05) is 146 Å². The van der Waals surface area contributed by atoms with Crippen LogP contribution in [0.25, 0.3) is 0 Å². The number of hydrogen-bond acceptors (Lipinski definition) is 7. The molecule has 498 valence electrons. The van der Waals surface area contributed by atoms with Gasteiger partial charge in [-0.15, -0.1) is 0 Å². The maximum Gasteiger partial charge on any atom is 0.0781 e. The van der Waals surface area contributed by atoms with Crippen LogP contribution >= 0.6 is 0 Å². The highest BCUT2D eigenvalue weighted by molar-refractivity contribution is 6.19. The molecule has 0 aliphatic heterocycles. The van der Waals surface area contributed by atoms with Gasteiger partial charge < -0.3 is 0 Å². The van der Waals surface area contributed by atoms with Gasteiger partial charge in [0.2, 0.25) is 0 Å². The lowest BCUT2D eigenvalue weighted by molar-refractivity contribution is 1.41. The molecule has 0 amide bonds. The van der Waals surface area contributed by atoms with Crippen LogP contribution in [0.4, 0.5) is 39.8 Å². The summed E-state index contributed by atoms with van der Waals surface area (Å²) in [6, 6.07) is 141. The minimum atomic E-state index is 0.774. The SMILES string of the molecule is Cc1ccc(N=C(c2ccc(N=C(c3ccc(N=C(c4ccccc4)c4ccccc4)cc3)c3ccc(N=C(c4ccccc4)c4ccccc4)cc3)cc2)c2ccc(N=C(c3ccc(N=C(c4ccccc4)c4ccccc4)cc3)c3ccc(N=C(c4ccccc4)c4ccccc4)cc3)cc2)cc1. The molecule has 0 aliphatic rings. The van der Waals surface area contributed by atoms with Crippen molar-refractivity contribution in [3.8, 4) is 0 Å². The summed E-state index contributed by atoms with van der Waals surface area (Å²) in [4.78, 5) is 37.4. The molecule has 0 fully saturated rings. The zero-order chi connectivity index (χ0) is 70.8. The Hall–Kier alpha value is -14.0. The van der Waals surface area contributed by atoms with Crippen molar-refractivity contribution in [2.24, 2.45) is 34.9 Å². The Morgan fingerprint density at radius 1 is 0.124 bits per heavy atom. The van der Waals surface area contributed by atoms with Crippen LogP contribution in [-0.2, 0) is 0 Å². The Balaban J connectivity index is 0.786. The highest BCUT2D eigenvalue weighted by atomic mass is 14.8. The van der Waals surface area contributed by atoms with E-state index < -0.39 is 0 Å². The normalized spacial score (nSPS) is 10.7. The molecule has 0 aliphatic carbocycles. The first kappa shape index (κ1) is 66.8. The molecule has 0 spiro atoms. The van der Waals surface area contributed by atoms with E-state index in [1.54, 1.807) is 0 Å². The van der Waals surface area contributed by atoms with Gasteiger partial charge in [0, 0.05) is 77.9 Å². The van der Waals surface area contributed by atoms with Crippen LogP contribution in [0.15, 0.2) is 447 Å². The minimum Gasteiger partial charge on any atom is -0.248 e. The number of aliphatic imine (C=N–C) groups is 7. The van der Waals surface area contributed by atoms with Gasteiger partial charge in [0.25, 0.3) is 0 Å². The first-order valence-electron chi connectivity index (χ1n) is 35.2. The standard InChI is InChI=1S/C98H71N7/c1-70-42-56-85(57-43-70)99-96(79-52-66-90(67-53-79)104-97(81-44-58-86(59-45-81)100-92(71-26-10-2-11-27-71)72-28-12-3-13-29-72)82-46-60-87(61-47-82)101-93(73-30-14-4-15-31-73)74-32-16-5-17-33-74)80-54-68-91(69-55-80)105-98(83-48-62-88(63-49-83)102-94(75-34-18-6-19-35-75)76-36-20-7-21-37-76)84-50-64-89(65-51-84)103-95(77-38-22-8-23-39-77)78-40-24-9-25-41-78/h2-69H,1H3. The van der Waals surface area contributed by atoms with Crippen molar-refractivity contribution in [1.29, 1.82) is 0 Å². The molecule has 0 unspecified atom stereocenters. The van der Waals surface area contributed by atoms with Crippen molar-refractivity contribution in [3.63, 3.8) is 0 Å². The quantitative estimate of drug-likeness (QED) is 0.0642. The maximum absolute atomic E-state index is 5.49. The first-order valence-corrected chi connectivity index (χ1v) is 35.2. The third-order valence-corrected chi connectivity index (χ3v) is 17.9. The molecular weight excluding hydrogens is 1280 g/mol. The summed E-state index contributed by atoms with van der Waals surface area (Å²) in [6.07, 6.45) is 0. The van der Waals surface area contributed by atoms with Crippen LogP contribution in [0.3, 0.4) is 0 Å². The second-order valence-corrected chi connectivity index (χ2v) is 25.3. The van der Waals surface area contributed by atoms with Gasteiger partial charge in [-0.05, 0) is 91.9 Å². The van der Waals surface area contributed by atoms with Gasteiger partial charge in [0.05, 0.1) is 79.8 Å². The Bertz CT molecular complexity index is 4840. The molecule has 7 heteroatoms. The van der Waals surface area contributed by atoms with E-state index >= 15 is 0 Å². The molecular formula is C98H71N7. The predicted molar refractivity (Wildman–Crippen MR) is 438 cm³/mol. The smallest absolute Gasteiger partial charge is 0.0781 e. The van der Waals surface area contributed by atoms with Gasteiger partial charge >= 0.3 is 0 Å². The molecule has 0 radical (unpaired) electrons. The maximum atomic E-state index is 5.49. The minimum absolute atomic E-state index is 0.774. The fourth-order valence-electron chi connectivity index (χ4n) is 12.5.